The van der Waals surface area contributed by atoms with Gasteiger partial charge in [0, 0.05) is 45.1 Å². The van der Waals surface area contributed by atoms with Gasteiger partial charge in [-0.15, -0.1) is 0 Å². The van der Waals surface area contributed by atoms with E-state index in [1.165, 1.54) is 17.0 Å². The molecular weight excluding hydrogens is 378 g/mol. The number of hydrogen-bond donors (Lipinski definition) is 2. The summed E-state index contributed by atoms with van der Waals surface area (Å²) in [7, 11) is 3.34. The molecule has 3 rings (SSSR count). The van der Waals surface area contributed by atoms with Crippen molar-refractivity contribution in [1.29, 1.82) is 0 Å². The molecule has 2 aromatic rings. The normalized spacial score (nSPS) is 15.1. The molecule has 6 nitrogen and oxygen atoms in total. The zero-order valence-electron chi connectivity index (χ0n) is 16.7. The highest BCUT2D eigenvalue weighted by atomic mass is 19.1. The van der Waals surface area contributed by atoms with Gasteiger partial charge in [-0.1, -0.05) is 6.07 Å². The molecule has 0 atom stereocenters. The van der Waals surface area contributed by atoms with Crippen LogP contribution >= 0.6 is 0 Å². The lowest BCUT2D eigenvalue weighted by Gasteiger charge is -2.20. The highest BCUT2D eigenvalue weighted by Gasteiger charge is 2.46. The fourth-order valence-corrected chi connectivity index (χ4v) is 3.09. The number of likely N-dealkylation sites (N-methyl/N-ethyl adjacent to an activating group) is 1. The van der Waals surface area contributed by atoms with Gasteiger partial charge >= 0.3 is 0 Å². The van der Waals surface area contributed by atoms with Crippen LogP contribution in [0.1, 0.15) is 24.2 Å². The quantitative estimate of drug-likeness (QED) is 0.524. The van der Waals surface area contributed by atoms with Gasteiger partial charge < -0.3 is 20.0 Å². The largest absolute Gasteiger partial charge is 0.469 e. The number of amides is 1. The van der Waals surface area contributed by atoms with Crippen molar-refractivity contribution in [3.05, 3.63) is 59.6 Å². The van der Waals surface area contributed by atoms with Gasteiger partial charge in [0.05, 0.1) is 6.26 Å². The Morgan fingerprint density at radius 2 is 2.03 bits per heavy atom. The Morgan fingerprint density at radius 1 is 1.24 bits per heavy atom. The van der Waals surface area contributed by atoms with E-state index in [0.717, 1.165) is 24.7 Å². The zero-order chi connectivity index (χ0) is 20.9. The number of hydrogen-bond acceptors (Lipinski definition) is 3. The minimum Gasteiger partial charge on any atom is -0.469 e. The summed E-state index contributed by atoms with van der Waals surface area (Å²) in [5.74, 6) is 0.0760. The van der Waals surface area contributed by atoms with E-state index in [9.17, 15) is 13.6 Å². The standard InChI is InChI=1S/C21H26F2N4O2/c1-27(2)19(28)13-25-20(24-10-7-16-4-3-11-29-16)26-14-21(8-9-21)17-6-5-15(22)12-18(17)23/h3-6,11-12H,7-10,13-14H2,1-2H3,(H2,24,25,26). The molecule has 0 aliphatic heterocycles. The Labute approximate surface area is 169 Å². The maximum absolute atomic E-state index is 14.2. The van der Waals surface area contributed by atoms with Gasteiger partial charge in [-0.25, -0.2) is 13.8 Å². The van der Waals surface area contributed by atoms with Crippen molar-refractivity contribution in [3.63, 3.8) is 0 Å². The number of guanidine groups is 1. The molecular formula is C21H26F2N4O2. The second kappa shape index (κ2) is 9.07. The van der Waals surface area contributed by atoms with Crippen molar-refractivity contribution in [2.45, 2.75) is 24.7 Å². The number of aliphatic imine (C=N–C) groups is 1. The number of carbonyl (C=O) groups is 1. The van der Waals surface area contributed by atoms with E-state index in [4.69, 9.17) is 4.42 Å². The molecule has 1 aliphatic carbocycles. The van der Waals surface area contributed by atoms with Crippen LogP contribution in [0.3, 0.4) is 0 Å². The van der Waals surface area contributed by atoms with Crippen molar-refractivity contribution < 1.29 is 18.0 Å². The molecule has 1 saturated carbocycles. The summed E-state index contributed by atoms with van der Waals surface area (Å²) in [5, 5.41) is 6.40. The second-order valence-electron chi connectivity index (χ2n) is 7.47. The Hall–Kier alpha value is -2.90. The van der Waals surface area contributed by atoms with Crippen LogP contribution < -0.4 is 10.6 Å². The van der Waals surface area contributed by atoms with Crippen LogP contribution in [-0.2, 0) is 16.6 Å². The first-order valence-corrected chi connectivity index (χ1v) is 9.60. The Morgan fingerprint density at radius 3 is 2.66 bits per heavy atom. The molecule has 1 fully saturated rings. The molecule has 29 heavy (non-hydrogen) atoms. The van der Waals surface area contributed by atoms with Crippen LogP contribution in [0.25, 0.3) is 0 Å². The van der Waals surface area contributed by atoms with Crippen LogP contribution in [0, 0.1) is 11.6 Å². The topological polar surface area (TPSA) is 69.9 Å². The fourth-order valence-electron chi connectivity index (χ4n) is 3.09. The van der Waals surface area contributed by atoms with Gasteiger partial charge in [0.25, 0.3) is 0 Å². The van der Waals surface area contributed by atoms with Gasteiger partial charge in [0.2, 0.25) is 5.91 Å². The molecule has 0 radical (unpaired) electrons. The third-order valence-corrected chi connectivity index (χ3v) is 5.07. The van der Waals surface area contributed by atoms with Crippen LogP contribution in [0.4, 0.5) is 8.78 Å². The first kappa shape index (κ1) is 20.8. The predicted octanol–water partition coefficient (Wildman–Crippen LogP) is 2.46. The minimum absolute atomic E-state index is 0.000987. The van der Waals surface area contributed by atoms with Crippen LogP contribution in [0.2, 0.25) is 0 Å². The van der Waals surface area contributed by atoms with E-state index in [1.807, 2.05) is 12.1 Å². The zero-order valence-corrected chi connectivity index (χ0v) is 16.7. The number of rotatable bonds is 8. The summed E-state index contributed by atoms with van der Waals surface area (Å²) in [4.78, 5) is 17.7. The number of halogens is 2. The summed E-state index contributed by atoms with van der Waals surface area (Å²) in [6.45, 7) is 1.01. The van der Waals surface area contributed by atoms with E-state index in [1.54, 1.807) is 20.4 Å². The summed E-state index contributed by atoms with van der Waals surface area (Å²) in [6, 6.07) is 7.42. The second-order valence-corrected chi connectivity index (χ2v) is 7.47. The van der Waals surface area contributed by atoms with Crippen molar-refractivity contribution in [2.24, 2.45) is 4.99 Å². The number of furan rings is 1. The van der Waals surface area contributed by atoms with Crippen LogP contribution in [-0.4, -0.2) is 50.5 Å². The van der Waals surface area contributed by atoms with Gasteiger partial charge in [-0.3, -0.25) is 4.79 Å². The molecule has 1 aliphatic rings. The Kier molecular flexibility index (Phi) is 6.51. The maximum Gasteiger partial charge on any atom is 0.243 e. The summed E-state index contributed by atoms with van der Waals surface area (Å²) >= 11 is 0. The minimum atomic E-state index is -0.584. The highest BCUT2D eigenvalue weighted by Crippen LogP contribution is 2.48. The Balaban J connectivity index is 1.63. The van der Waals surface area contributed by atoms with Crippen LogP contribution in [0.5, 0.6) is 0 Å². The van der Waals surface area contributed by atoms with Gasteiger partial charge in [0.15, 0.2) is 5.96 Å². The van der Waals surface area contributed by atoms with Gasteiger partial charge in [-0.2, -0.15) is 0 Å². The maximum atomic E-state index is 14.2. The molecule has 1 amide bonds. The lowest BCUT2D eigenvalue weighted by Crippen LogP contribution is -2.43. The molecule has 0 saturated heterocycles. The summed E-state index contributed by atoms with van der Waals surface area (Å²) < 4.78 is 32.8. The van der Waals surface area contributed by atoms with Gasteiger partial charge in [0.1, 0.15) is 23.9 Å². The smallest absolute Gasteiger partial charge is 0.243 e. The number of nitrogens with one attached hydrogen (secondary N) is 2. The van der Waals surface area contributed by atoms with E-state index in [0.29, 0.717) is 31.0 Å². The van der Waals surface area contributed by atoms with E-state index < -0.39 is 11.6 Å². The monoisotopic (exact) mass is 404 g/mol. The molecule has 0 spiro atoms. The molecule has 8 heteroatoms. The molecule has 2 N–H and O–H groups in total. The van der Waals surface area contributed by atoms with Gasteiger partial charge in [-0.05, 0) is 36.6 Å². The highest BCUT2D eigenvalue weighted by molar-refractivity contribution is 5.84. The van der Waals surface area contributed by atoms with Crippen molar-refractivity contribution in [3.8, 4) is 0 Å². The molecule has 1 heterocycles. The molecule has 0 bridgehead atoms. The molecule has 156 valence electrons. The third kappa shape index (κ3) is 5.56. The number of nitrogens with zero attached hydrogens (tertiary/aromatic N) is 2. The van der Waals surface area contributed by atoms with E-state index >= 15 is 0 Å². The van der Waals surface area contributed by atoms with Crippen LogP contribution in [0.15, 0.2) is 46.0 Å². The van der Waals surface area contributed by atoms with Crippen molar-refractivity contribution in [2.75, 3.05) is 33.7 Å². The predicted molar refractivity (Wildman–Crippen MR) is 107 cm³/mol. The average Bonchev–Trinajstić information content (AvgIpc) is 3.27. The average molecular weight is 404 g/mol. The first-order valence-electron chi connectivity index (χ1n) is 9.60. The summed E-state index contributed by atoms with van der Waals surface area (Å²) in [5.41, 5.74) is 0.123. The molecule has 1 aromatic heterocycles. The molecule has 1 aromatic carbocycles. The van der Waals surface area contributed by atoms with E-state index in [2.05, 4.69) is 15.6 Å². The lowest BCUT2D eigenvalue weighted by molar-refractivity contribution is -0.127. The van der Waals surface area contributed by atoms with Crippen molar-refractivity contribution >= 4 is 11.9 Å². The molecule has 0 unspecified atom stereocenters. The van der Waals surface area contributed by atoms with Crippen molar-refractivity contribution in [1.82, 2.24) is 15.5 Å². The fraction of sp³-hybridized carbons (Fsp3) is 0.429. The lowest BCUT2D eigenvalue weighted by atomic mass is 9.95. The van der Waals surface area contributed by atoms with E-state index in [-0.39, 0.29) is 17.9 Å². The summed E-state index contributed by atoms with van der Waals surface area (Å²) in [6.07, 6.45) is 3.89. The number of carbonyl (C=O) groups excluding carboxylic acids is 1. The first-order chi connectivity index (χ1) is 13.9. The number of benzene rings is 1. The Bertz CT molecular complexity index is 862. The third-order valence-electron chi connectivity index (χ3n) is 5.07. The SMILES string of the molecule is CN(C)C(=O)CN=C(NCCc1ccco1)NCC1(c2ccc(F)cc2F)CC1.